The molecule has 1 aromatic heterocycles. The van der Waals surface area contributed by atoms with Gasteiger partial charge in [-0.2, -0.15) is 4.98 Å². The highest BCUT2D eigenvalue weighted by atomic mass is 32.2. The van der Waals surface area contributed by atoms with Crippen LogP contribution in [0.25, 0.3) is 0 Å². The van der Waals surface area contributed by atoms with Crippen molar-refractivity contribution >= 4 is 27.6 Å². The summed E-state index contributed by atoms with van der Waals surface area (Å²) in [4.78, 5) is 15.8. The predicted molar refractivity (Wildman–Crippen MR) is 95.1 cm³/mol. The van der Waals surface area contributed by atoms with Crippen LogP contribution in [0.3, 0.4) is 0 Å². The normalized spacial score (nSPS) is 21.1. The van der Waals surface area contributed by atoms with E-state index in [-0.39, 0.29) is 28.7 Å². The van der Waals surface area contributed by atoms with Gasteiger partial charge in [-0.05, 0) is 31.4 Å². The molecule has 1 aliphatic heterocycles. The number of rotatable bonds is 4. The zero-order valence-electron chi connectivity index (χ0n) is 13.2. The van der Waals surface area contributed by atoms with E-state index in [9.17, 15) is 13.2 Å². The highest BCUT2D eigenvalue weighted by Gasteiger charge is 2.30. The van der Waals surface area contributed by atoms with Crippen molar-refractivity contribution in [2.75, 3.05) is 18.0 Å². The molecule has 3 N–H and O–H groups in total. The second kappa shape index (κ2) is 7.17. The Balaban J connectivity index is 1.71. The van der Waals surface area contributed by atoms with Crippen LogP contribution < -0.4 is 16.1 Å². The van der Waals surface area contributed by atoms with Crippen molar-refractivity contribution < 1.29 is 8.42 Å². The Morgan fingerprint density at radius 2 is 2.17 bits per heavy atom. The minimum Gasteiger partial charge on any atom is -0.382 e. The lowest BCUT2D eigenvalue weighted by molar-refractivity contribution is 0.471. The topological polar surface area (TPSA) is 107 Å². The molecule has 7 nitrogen and oxygen atoms in total. The number of nitrogens with two attached hydrogens (primary N) is 1. The summed E-state index contributed by atoms with van der Waals surface area (Å²) in [6.07, 6.45) is 5.99. The Morgan fingerprint density at radius 1 is 1.38 bits per heavy atom. The lowest BCUT2D eigenvalue weighted by Crippen LogP contribution is -2.38. The Hall–Kier alpha value is -1.50. The Morgan fingerprint density at radius 3 is 2.79 bits per heavy atom. The van der Waals surface area contributed by atoms with E-state index >= 15 is 0 Å². The molecule has 24 heavy (non-hydrogen) atoms. The van der Waals surface area contributed by atoms with Gasteiger partial charge in [-0.25, -0.2) is 17.9 Å². The van der Waals surface area contributed by atoms with Crippen LogP contribution >= 0.6 is 11.8 Å². The summed E-state index contributed by atoms with van der Waals surface area (Å²) in [5, 5.41) is -0.212. The van der Waals surface area contributed by atoms with Gasteiger partial charge in [-0.3, -0.25) is 4.57 Å². The lowest BCUT2D eigenvalue weighted by atomic mass is 10.0. The zero-order chi connectivity index (χ0) is 17.2. The molecule has 9 heteroatoms. The molecule has 2 fully saturated rings. The van der Waals surface area contributed by atoms with Gasteiger partial charge in [0.1, 0.15) is 5.82 Å². The average Bonchev–Trinajstić information content (AvgIpc) is 2.96. The summed E-state index contributed by atoms with van der Waals surface area (Å²) in [6.45, 7) is 0.0234. The first kappa shape index (κ1) is 17.3. The van der Waals surface area contributed by atoms with Gasteiger partial charge in [0.2, 0.25) is 10.0 Å². The van der Waals surface area contributed by atoms with Gasteiger partial charge in [0, 0.05) is 6.20 Å². The van der Waals surface area contributed by atoms with Crippen molar-refractivity contribution in [1.82, 2.24) is 14.3 Å². The third-order valence-electron chi connectivity index (χ3n) is 4.27. The van der Waals surface area contributed by atoms with E-state index in [1.807, 2.05) is 0 Å². The highest BCUT2D eigenvalue weighted by Crippen LogP contribution is 2.34. The Kier molecular flexibility index (Phi) is 5.18. The van der Waals surface area contributed by atoms with Crippen LogP contribution in [0.5, 0.6) is 0 Å². The number of hydrogen-bond donors (Lipinski definition) is 2. The number of nitrogens with zero attached hydrogens (tertiary/aromatic N) is 2. The largest absolute Gasteiger partial charge is 0.382 e. The molecule has 1 atom stereocenters. The van der Waals surface area contributed by atoms with Crippen molar-refractivity contribution in [3.8, 4) is 11.8 Å². The minimum absolute atomic E-state index is 0.0234. The smallest absolute Gasteiger partial charge is 0.350 e. The third-order valence-corrected chi connectivity index (χ3v) is 7.54. The number of sulfonamides is 1. The van der Waals surface area contributed by atoms with Gasteiger partial charge in [0.25, 0.3) is 0 Å². The van der Waals surface area contributed by atoms with Crippen LogP contribution in [0.2, 0.25) is 0 Å². The second-order valence-electron chi connectivity index (χ2n) is 5.92. The van der Waals surface area contributed by atoms with E-state index in [0.29, 0.717) is 18.4 Å². The van der Waals surface area contributed by atoms with E-state index in [1.165, 1.54) is 0 Å². The van der Waals surface area contributed by atoms with Gasteiger partial charge in [0.15, 0.2) is 0 Å². The maximum Gasteiger partial charge on any atom is 0.350 e. The molecule has 130 valence electrons. The number of aromatic nitrogens is 2. The lowest BCUT2D eigenvalue weighted by Gasteiger charge is -2.24. The van der Waals surface area contributed by atoms with Crippen LogP contribution in [-0.4, -0.2) is 35.5 Å². The number of anilines is 1. The molecule has 0 radical (unpaired) electrons. The molecular formula is C15H20N4O3S2. The van der Waals surface area contributed by atoms with Gasteiger partial charge < -0.3 is 5.73 Å². The first-order chi connectivity index (χ1) is 11.5. The van der Waals surface area contributed by atoms with Gasteiger partial charge in [-0.1, -0.05) is 18.3 Å². The van der Waals surface area contributed by atoms with E-state index in [1.54, 1.807) is 22.5 Å². The Labute approximate surface area is 145 Å². The SMILES string of the molecule is Nc1nc(=O)n([C@@H]2CCCS2)cc1C#CCNS(=O)(=O)C1CCC1. The molecule has 1 aromatic rings. The Bertz CT molecular complexity index is 829. The molecular weight excluding hydrogens is 348 g/mol. The van der Waals surface area contributed by atoms with Crippen molar-refractivity contribution in [1.29, 1.82) is 0 Å². The van der Waals surface area contributed by atoms with E-state index in [2.05, 4.69) is 21.5 Å². The quantitative estimate of drug-likeness (QED) is 0.757. The molecule has 1 aliphatic carbocycles. The maximum atomic E-state index is 12.0. The molecule has 2 aliphatic rings. The van der Waals surface area contributed by atoms with E-state index in [0.717, 1.165) is 25.0 Å². The standard InChI is InChI=1S/C15H20N4O3S2/c16-14-11(4-2-8-17-24(21,22)12-5-1-6-12)10-19(15(20)18-14)13-7-3-9-23-13/h10,12-13,17H,1,3,5-9H2,(H2,16,18,20)/t13-/m0/s1. The van der Waals surface area contributed by atoms with Crippen LogP contribution in [-0.2, 0) is 10.0 Å². The second-order valence-corrected chi connectivity index (χ2v) is 9.25. The molecule has 3 rings (SSSR count). The molecule has 0 unspecified atom stereocenters. The number of nitrogens with one attached hydrogen (secondary N) is 1. The predicted octanol–water partition coefficient (Wildman–Crippen LogP) is 0.674. The van der Waals surface area contributed by atoms with Gasteiger partial charge in [-0.15, -0.1) is 11.8 Å². The first-order valence-corrected chi connectivity index (χ1v) is 10.5. The molecule has 1 saturated carbocycles. The van der Waals surface area contributed by atoms with Crippen LogP contribution in [0, 0.1) is 11.8 Å². The maximum absolute atomic E-state index is 12.0. The average molecular weight is 368 g/mol. The van der Waals surface area contributed by atoms with Gasteiger partial charge in [0.05, 0.1) is 22.7 Å². The monoisotopic (exact) mass is 368 g/mol. The van der Waals surface area contributed by atoms with Crippen LogP contribution in [0.4, 0.5) is 5.82 Å². The molecule has 0 aromatic carbocycles. The first-order valence-electron chi connectivity index (χ1n) is 7.95. The number of thioether (sulfide) groups is 1. The van der Waals surface area contributed by atoms with Crippen LogP contribution in [0.15, 0.2) is 11.0 Å². The molecule has 2 heterocycles. The summed E-state index contributed by atoms with van der Waals surface area (Å²) in [5.41, 5.74) is 5.84. The summed E-state index contributed by atoms with van der Waals surface area (Å²) >= 11 is 1.71. The fourth-order valence-corrected chi connectivity index (χ4v) is 5.35. The van der Waals surface area contributed by atoms with Crippen molar-refractivity contribution in [3.05, 3.63) is 22.2 Å². The van der Waals surface area contributed by atoms with Crippen molar-refractivity contribution in [2.24, 2.45) is 0 Å². The third kappa shape index (κ3) is 3.77. The number of hydrogen-bond acceptors (Lipinski definition) is 6. The summed E-state index contributed by atoms with van der Waals surface area (Å²) in [6, 6.07) is 0. The summed E-state index contributed by atoms with van der Waals surface area (Å²) in [5.74, 6) is 6.67. The van der Waals surface area contributed by atoms with E-state index < -0.39 is 10.0 Å². The van der Waals surface area contributed by atoms with Gasteiger partial charge >= 0.3 is 5.69 Å². The molecule has 1 saturated heterocycles. The highest BCUT2D eigenvalue weighted by molar-refractivity contribution is 7.99. The number of nitrogen functional groups attached to an aromatic ring is 1. The van der Waals surface area contributed by atoms with Crippen molar-refractivity contribution in [2.45, 2.75) is 42.7 Å². The molecule has 0 amide bonds. The van der Waals surface area contributed by atoms with E-state index in [4.69, 9.17) is 5.73 Å². The zero-order valence-corrected chi connectivity index (χ0v) is 14.8. The molecule has 0 bridgehead atoms. The summed E-state index contributed by atoms with van der Waals surface area (Å²) < 4.78 is 27.9. The minimum atomic E-state index is -3.27. The fraction of sp³-hybridized carbons (Fsp3) is 0.600. The van der Waals surface area contributed by atoms with Crippen molar-refractivity contribution in [3.63, 3.8) is 0 Å². The summed E-state index contributed by atoms with van der Waals surface area (Å²) in [7, 11) is -3.27. The fourth-order valence-electron chi connectivity index (χ4n) is 2.64. The van der Waals surface area contributed by atoms with Crippen LogP contribution in [0.1, 0.15) is 43.0 Å². The molecule has 0 spiro atoms.